The highest BCUT2D eigenvalue weighted by atomic mass is 16.6. The van der Waals surface area contributed by atoms with Crippen LogP contribution in [0.2, 0.25) is 0 Å². The van der Waals surface area contributed by atoms with Crippen LogP contribution < -0.4 is 16.0 Å². The van der Waals surface area contributed by atoms with E-state index in [0.29, 0.717) is 24.5 Å². The zero-order valence-corrected chi connectivity index (χ0v) is 48.4. The summed E-state index contributed by atoms with van der Waals surface area (Å²) in [6, 6.07) is 12.7. The fourth-order valence-corrected chi connectivity index (χ4v) is 6.75. The molecule has 5 N–H and O–H groups in total. The maximum atomic E-state index is 12.5. The number of aromatic amines is 1. The number of aromatic nitrogens is 1. The monoisotopic (exact) mass is 1020 g/mol. The molecule has 3 aromatic rings. The number of phenolic OH excluding ortho intramolecular Hbond substituents is 1. The van der Waals surface area contributed by atoms with Crippen molar-refractivity contribution in [1.82, 2.24) is 20.9 Å². The number of nitrogens with one attached hydrogen (secondary N) is 4. The minimum Gasteiger partial charge on any atom is -0.508 e. The number of phenols is 1. The number of Topliss-reactive ketones (excluding diaryl/α,β-unsaturated/α-hetero) is 4. The van der Waals surface area contributed by atoms with Gasteiger partial charge in [-0.05, 0) is 110 Å². The lowest BCUT2D eigenvalue weighted by atomic mass is 9.88. The van der Waals surface area contributed by atoms with Crippen LogP contribution in [0.15, 0.2) is 54.7 Å². The molecule has 4 atom stereocenters. The lowest BCUT2D eigenvalue weighted by molar-refractivity contribution is -0.126. The average Bonchev–Trinajstić information content (AvgIpc) is 3.65. The van der Waals surface area contributed by atoms with Gasteiger partial charge in [0, 0.05) is 53.1 Å². The lowest BCUT2D eigenvalue weighted by Gasteiger charge is -2.25. The van der Waals surface area contributed by atoms with Crippen molar-refractivity contribution in [1.29, 1.82) is 0 Å². The molecule has 15 nitrogen and oxygen atoms in total. The summed E-state index contributed by atoms with van der Waals surface area (Å²) < 4.78 is 15.7. The molecule has 0 aliphatic carbocycles. The summed E-state index contributed by atoms with van der Waals surface area (Å²) in [6.07, 6.45) is 0.968. The van der Waals surface area contributed by atoms with Crippen LogP contribution in [-0.2, 0) is 46.2 Å². The number of ketones is 4. The molecular formula is C58H94N4O11. The van der Waals surface area contributed by atoms with Gasteiger partial charge in [-0.25, -0.2) is 14.4 Å². The van der Waals surface area contributed by atoms with Crippen LogP contribution in [0, 0.1) is 41.4 Å². The van der Waals surface area contributed by atoms with Gasteiger partial charge in [0.1, 0.15) is 28.3 Å². The Balaban J connectivity index is 0.000000987. The SMILES string of the molecule is CC(C)C(=O)[C@@H](C)C(C)C.CC(C)C(=O)[C@@H](NC(=O)OC(C)(C)C)C(C)C.CC(C)C(=O)[C@H](Cc1c[nH]c2ccccc12)NC(=O)OC(C)(C)C.CC(C)C(=O)[C@H](Cc1ccc(O)cc1)NC(=O)OC(C)(C)C. The van der Waals surface area contributed by atoms with Gasteiger partial charge < -0.3 is 40.3 Å². The lowest BCUT2D eigenvalue weighted by Crippen LogP contribution is -2.47. The van der Waals surface area contributed by atoms with Gasteiger partial charge >= 0.3 is 18.3 Å². The van der Waals surface area contributed by atoms with E-state index >= 15 is 0 Å². The normalized spacial score (nSPS) is 13.3. The summed E-state index contributed by atoms with van der Waals surface area (Å²) in [5, 5.41) is 18.4. The van der Waals surface area contributed by atoms with Gasteiger partial charge in [0.15, 0.2) is 17.3 Å². The first-order chi connectivity index (χ1) is 33.3. The summed E-state index contributed by atoms with van der Waals surface area (Å²) in [6.45, 7) is 40.9. The van der Waals surface area contributed by atoms with Crippen molar-refractivity contribution in [2.24, 2.45) is 41.4 Å². The Morgan fingerprint density at radius 2 is 0.877 bits per heavy atom. The smallest absolute Gasteiger partial charge is 0.408 e. The second-order valence-corrected chi connectivity index (χ2v) is 23.5. The number of amides is 3. The molecule has 0 unspecified atom stereocenters. The van der Waals surface area contributed by atoms with Crippen molar-refractivity contribution in [3.8, 4) is 5.75 Å². The van der Waals surface area contributed by atoms with E-state index in [9.17, 15) is 38.7 Å². The number of aromatic hydroxyl groups is 1. The Labute approximate surface area is 437 Å². The maximum Gasteiger partial charge on any atom is 0.408 e. The molecule has 412 valence electrons. The van der Waals surface area contributed by atoms with Crippen LogP contribution in [0.3, 0.4) is 0 Å². The van der Waals surface area contributed by atoms with Gasteiger partial charge in [0.25, 0.3) is 0 Å². The van der Waals surface area contributed by atoms with Crippen LogP contribution in [0.1, 0.15) is 163 Å². The third-order valence-corrected chi connectivity index (χ3v) is 10.9. The highest BCUT2D eigenvalue weighted by Gasteiger charge is 2.30. The molecule has 3 rings (SSSR count). The predicted molar refractivity (Wildman–Crippen MR) is 292 cm³/mol. The molecule has 73 heavy (non-hydrogen) atoms. The van der Waals surface area contributed by atoms with Crippen molar-refractivity contribution in [2.75, 3.05) is 0 Å². The van der Waals surface area contributed by atoms with Gasteiger partial charge in [0.2, 0.25) is 0 Å². The van der Waals surface area contributed by atoms with Crippen molar-refractivity contribution in [3.05, 3.63) is 65.9 Å². The van der Waals surface area contributed by atoms with Crippen LogP contribution in [-0.4, -0.2) is 86.4 Å². The number of rotatable bonds is 17. The van der Waals surface area contributed by atoms with Gasteiger partial charge in [-0.1, -0.05) is 120 Å². The summed E-state index contributed by atoms with van der Waals surface area (Å²) in [5.41, 5.74) is 1.10. The van der Waals surface area contributed by atoms with Crippen LogP contribution >= 0.6 is 0 Å². The van der Waals surface area contributed by atoms with Crippen LogP contribution in [0.4, 0.5) is 14.4 Å². The number of fused-ring (bicyclic) bond motifs is 1. The molecule has 2 aromatic carbocycles. The quantitative estimate of drug-likeness (QED) is 0.0801. The van der Waals surface area contributed by atoms with E-state index < -0.39 is 53.2 Å². The number of carbonyl (C=O) groups is 7. The van der Waals surface area contributed by atoms with Crippen molar-refractivity contribution in [2.45, 2.75) is 200 Å². The second-order valence-electron chi connectivity index (χ2n) is 23.5. The van der Waals surface area contributed by atoms with Gasteiger partial charge in [-0.15, -0.1) is 0 Å². The highest BCUT2D eigenvalue weighted by Crippen LogP contribution is 2.21. The van der Waals surface area contributed by atoms with Gasteiger partial charge in [-0.2, -0.15) is 0 Å². The van der Waals surface area contributed by atoms with Crippen molar-refractivity contribution in [3.63, 3.8) is 0 Å². The topological polar surface area (TPSA) is 219 Å². The van der Waals surface area contributed by atoms with Crippen molar-refractivity contribution >= 4 is 52.3 Å². The largest absolute Gasteiger partial charge is 0.508 e. The standard InChI is InChI=1S/C19H26N2O3.C17H25NO4.C13H25NO3.C9H18O/c1-12(2)17(22)16(21-18(23)24-19(3,4)5)10-13-11-20-15-9-7-6-8-14(13)15;1-11(2)15(20)14(18-16(21)22-17(3,4)5)10-12-6-8-13(19)9-7-12;1-8(2)10(11(15)9(3)4)14-12(16)17-13(5,6)7;1-6(2)8(5)9(10)7(3)4/h6-9,11-12,16,20H,10H2,1-5H3,(H,21,23);6-9,11,14,19H,10H2,1-5H3,(H,18,21);8-10H,1-7H3,(H,14,16);6-8H,1-5H3/t16-;14-;10-;8-/m0000/s1. The third kappa shape index (κ3) is 27.8. The first kappa shape index (κ1) is 67.3. The second kappa shape index (κ2) is 30.5. The Bertz CT molecular complexity index is 2200. The summed E-state index contributed by atoms with van der Waals surface area (Å²) in [5.74, 6) is 0.996. The summed E-state index contributed by atoms with van der Waals surface area (Å²) in [4.78, 5) is 86.8. The van der Waals surface area contributed by atoms with Crippen LogP contribution in [0.25, 0.3) is 10.9 Å². The molecule has 1 heterocycles. The van der Waals surface area contributed by atoms with Gasteiger partial charge in [-0.3, -0.25) is 19.2 Å². The zero-order chi connectivity index (χ0) is 56.9. The Hall–Kier alpha value is -5.73. The molecule has 0 saturated heterocycles. The van der Waals surface area contributed by atoms with E-state index in [2.05, 4.69) is 34.8 Å². The number of hydrogen-bond acceptors (Lipinski definition) is 11. The number of hydrogen-bond donors (Lipinski definition) is 5. The number of ether oxygens (including phenoxy) is 3. The highest BCUT2D eigenvalue weighted by molar-refractivity contribution is 5.91. The molecule has 0 bridgehead atoms. The molecule has 3 amide bonds. The van der Waals surface area contributed by atoms with E-state index in [1.165, 1.54) is 0 Å². The minimum atomic E-state index is -0.653. The van der Waals surface area contributed by atoms with E-state index in [-0.39, 0.29) is 58.6 Å². The van der Waals surface area contributed by atoms with Crippen LogP contribution in [0.5, 0.6) is 5.75 Å². The molecule has 0 aliphatic rings. The predicted octanol–water partition coefficient (Wildman–Crippen LogP) is 12.1. The van der Waals surface area contributed by atoms with E-state index in [1.54, 1.807) is 100 Å². The van der Waals surface area contributed by atoms with E-state index in [4.69, 9.17) is 14.2 Å². The number of alkyl carbamates (subject to hydrolysis) is 3. The first-order valence-electron chi connectivity index (χ1n) is 25.7. The summed E-state index contributed by atoms with van der Waals surface area (Å²) >= 11 is 0. The Kier molecular flexibility index (Phi) is 28.1. The molecule has 0 aliphatic heterocycles. The molecule has 0 saturated carbocycles. The minimum absolute atomic E-state index is 0.00820. The Morgan fingerprint density at radius 1 is 0.493 bits per heavy atom. The fraction of sp³-hybridized carbons (Fsp3) is 0.638. The van der Waals surface area contributed by atoms with E-state index in [0.717, 1.165) is 22.0 Å². The molecule has 0 fully saturated rings. The van der Waals surface area contributed by atoms with Crippen molar-refractivity contribution < 1.29 is 52.9 Å². The zero-order valence-electron chi connectivity index (χ0n) is 48.4. The molecule has 1 aromatic heterocycles. The fourth-order valence-electron chi connectivity index (χ4n) is 6.75. The molecule has 0 radical (unpaired) electrons. The van der Waals surface area contributed by atoms with E-state index in [1.807, 2.05) is 92.8 Å². The average molecular weight is 1020 g/mol. The Morgan fingerprint density at radius 3 is 1.23 bits per heavy atom. The number of benzene rings is 2. The third-order valence-electron chi connectivity index (χ3n) is 10.9. The molecular weight excluding hydrogens is 929 g/mol. The van der Waals surface area contributed by atoms with Gasteiger partial charge in [0.05, 0.1) is 18.1 Å². The maximum absolute atomic E-state index is 12.5. The number of H-pyrrole nitrogens is 1. The number of para-hydroxylation sites is 1. The molecule has 0 spiro atoms. The molecule has 15 heteroatoms. The number of carbonyl (C=O) groups excluding carboxylic acids is 7. The first-order valence-corrected chi connectivity index (χ1v) is 25.7. The summed E-state index contributed by atoms with van der Waals surface area (Å²) in [7, 11) is 0.